The number of fused-ring (bicyclic) bond motifs is 3. The van der Waals surface area contributed by atoms with Crippen LogP contribution in [0.5, 0.6) is 0 Å². The molecule has 3 heterocycles. The van der Waals surface area contributed by atoms with Crippen molar-refractivity contribution >= 4 is 27.5 Å². The number of imidazole rings is 1. The van der Waals surface area contributed by atoms with Crippen LogP contribution in [0.3, 0.4) is 0 Å². The largest absolute Gasteiger partial charge is 0.296 e. The van der Waals surface area contributed by atoms with Crippen molar-refractivity contribution in [2.45, 2.75) is 45.1 Å². The van der Waals surface area contributed by atoms with Gasteiger partial charge in [-0.15, -0.1) is 0 Å². The fourth-order valence-electron chi connectivity index (χ4n) is 6.79. The van der Waals surface area contributed by atoms with Crippen LogP contribution in [-0.4, -0.2) is 4.40 Å². The van der Waals surface area contributed by atoms with Crippen LogP contribution in [0.15, 0.2) is 103 Å². The first-order chi connectivity index (χ1) is 17.8. The average molecular weight is 468 g/mol. The summed E-state index contributed by atoms with van der Waals surface area (Å²) in [5.41, 5.74) is 10.6. The molecule has 1 aliphatic heterocycles. The second-order valence-electron chi connectivity index (χ2n) is 10.2. The zero-order chi connectivity index (χ0) is 24.3. The molecule has 0 bridgehead atoms. The van der Waals surface area contributed by atoms with Crippen molar-refractivity contribution in [3.8, 4) is 22.4 Å². The number of benzene rings is 4. The third kappa shape index (κ3) is 2.82. The van der Waals surface area contributed by atoms with E-state index in [1.54, 1.807) is 0 Å². The van der Waals surface area contributed by atoms with E-state index in [4.69, 9.17) is 0 Å². The summed E-state index contributed by atoms with van der Waals surface area (Å²) in [5, 5.41) is 2.76. The highest BCUT2D eigenvalue weighted by atomic mass is 15.2. The van der Waals surface area contributed by atoms with Crippen LogP contribution in [0.25, 0.3) is 49.8 Å². The van der Waals surface area contributed by atoms with Crippen molar-refractivity contribution in [2.24, 2.45) is 0 Å². The van der Waals surface area contributed by atoms with Crippen LogP contribution < -0.4 is 4.57 Å². The third-order valence-corrected chi connectivity index (χ3v) is 8.65. The Bertz CT molecular complexity index is 1740. The molecular formula is C34H31N2+. The highest BCUT2D eigenvalue weighted by Crippen LogP contribution is 2.45. The van der Waals surface area contributed by atoms with Gasteiger partial charge in [-0.2, -0.15) is 4.40 Å². The Balaban J connectivity index is 1.84. The SMILES string of the molecule is CCC1(CC)CCc2cccc3c(-c4ccccc4)c(-c4ccccc4)n4c5ccccc5[n+]1c4c23. The summed E-state index contributed by atoms with van der Waals surface area (Å²) in [4.78, 5) is 0. The van der Waals surface area contributed by atoms with Gasteiger partial charge in [0.2, 0.25) is 0 Å². The van der Waals surface area contributed by atoms with E-state index < -0.39 is 0 Å². The summed E-state index contributed by atoms with van der Waals surface area (Å²) in [6.45, 7) is 4.75. The fraction of sp³-hybridized carbons (Fsp3) is 0.206. The number of para-hydroxylation sites is 2. The van der Waals surface area contributed by atoms with Gasteiger partial charge in [-0.1, -0.05) is 105 Å². The van der Waals surface area contributed by atoms with Crippen molar-refractivity contribution in [1.29, 1.82) is 0 Å². The van der Waals surface area contributed by atoms with E-state index in [1.807, 2.05) is 0 Å². The molecule has 0 unspecified atom stereocenters. The minimum Gasteiger partial charge on any atom is -0.217 e. The van der Waals surface area contributed by atoms with Gasteiger partial charge >= 0.3 is 0 Å². The smallest absolute Gasteiger partial charge is 0.217 e. The van der Waals surface area contributed by atoms with Gasteiger partial charge in [-0.3, -0.25) is 0 Å². The number of nitrogens with zero attached hydrogens (tertiary/aromatic N) is 2. The molecule has 0 saturated carbocycles. The molecule has 36 heavy (non-hydrogen) atoms. The lowest BCUT2D eigenvalue weighted by Crippen LogP contribution is -2.55. The van der Waals surface area contributed by atoms with Crippen molar-refractivity contribution in [1.82, 2.24) is 4.40 Å². The molecule has 2 nitrogen and oxygen atoms in total. The molecule has 0 N–H and O–H groups in total. The summed E-state index contributed by atoms with van der Waals surface area (Å²) in [5.74, 6) is 0. The molecule has 6 aromatic rings. The third-order valence-electron chi connectivity index (χ3n) is 8.65. The van der Waals surface area contributed by atoms with E-state index in [2.05, 4.69) is 126 Å². The first kappa shape index (κ1) is 21.4. The number of aryl methyl sites for hydroxylation is 1. The fourth-order valence-corrected chi connectivity index (χ4v) is 6.79. The molecule has 0 radical (unpaired) electrons. The van der Waals surface area contributed by atoms with Gasteiger partial charge in [-0.25, -0.2) is 4.57 Å². The average Bonchev–Trinajstić information content (AvgIpc) is 3.21. The first-order valence-corrected chi connectivity index (χ1v) is 13.3. The Morgan fingerprint density at radius 3 is 2.11 bits per heavy atom. The molecule has 1 aliphatic rings. The quantitative estimate of drug-likeness (QED) is 0.230. The maximum atomic E-state index is 2.72. The van der Waals surface area contributed by atoms with Crippen molar-refractivity contribution < 1.29 is 4.57 Å². The monoisotopic (exact) mass is 467 g/mol. The van der Waals surface area contributed by atoms with Gasteiger partial charge in [0.1, 0.15) is 11.2 Å². The van der Waals surface area contributed by atoms with Crippen LogP contribution in [0.4, 0.5) is 0 Å². The van der Waals surface area contributed by atoms with E-state index in [1.165, 1.54) is 55.4 Å². The molecule has 2 heteroatoms. The lowest BCUT2D eigenvalue weighted by Gasteiger charge is -2.28. The predicted octanol–water partition coefficient (Wildman–Crippen LogP) is 8.33. The van der Waals surface area contributed by atoms with E-state index >= 15 is 0 Å². The lowest BCUT2D eigenvalue weighted by molar-refractivity contribution is -0.721. The summed E-state index contributed by atoms with van der Waals surface area (Å²) in [6, 6.07) is 38.0. The molecule has 0 saturated heterocycles. The van der Waals surface area contributed by atoms with E-state index in [9.17, 15) is 0 Å². The standard InChI is InChI=1S/C34H31N2/c1-3-34(4-2)23-22-25-18-13-19-27-30(24-14-7-5-8-15-24)32(26-16-9-6-10-17-26)35-28-20-11-12-21-29(28)36(34)33(35)31(25)27/h5-21H,3-4,22-23H2,1-2H3/q+1. The molecule has 0 fully saturated rings. The van der Waals surface area contributed by atoms with Crippen LogP contribution in [0.2, 0.25) is 0 Å². The van der Waals surface area contributed by atoms with E-state index in [-0.39, 0.29) is 5.54 Å². The molecule has 0 amide bonds. The number of rotatable bonds is 4. The molecular weight excluding hydrogens is 436 g/mol. The second-order valence-corrected chi connectivity index (χ2v) is 10.2. The Kier molecular flexibility index (Phi) is 4.79. The molecule has 0 atom stereocenters. The Morgan fingerprint density at radius 1 is 0.722 bits per heavy atom. The van der Waals surface area contributed by atoms with Gasteiger partial charge in [0.05, 0.1) is 5.39 Å². The summed E-state index contributed by atoms with van der Waals surface area (Å²) in [6.07, 6.45) is 4.50. The molecule has 7 rings (SSSR count). The molecule has 4 aromatic carbocycles. The number of hydrogen-bond acceptors (Lipinski definition) is 0. The summed E-state index contributed by atoms with van der Waals surface area (Å²) < 4.78 is 5.31. The van der Waals surface area contributed by atoms with Crippen LogP contribution in [-0.2, 0) is 12.0 Å². The Labute approximate surface area is 212 Å². The predicted molar refractivity (Wildman–Crippen MR) is 150 cm³/mol. The van der Waals surface area contributed by atoms with Gasteiger partial charge in [-0.05, 0) is 48.9 Å². The highest BCUT2D eigenvalue weighted by Gasteiger charge is 2.42. The molecule has 2 aromatic heterocycles. The highest BCUT2D eigenvalue weighted by molar-refractivity contribution is 6.11. The molecule has 0 spiro atoms. The van der Waals surface area contributed by atoms with Crippen molar-refractivity contribution in [3.63, 3.8) is 0 Å². The van der Waals surface area contributed by atoms with E-state index in [0.29, 0.717) is 0 Å². The van der Waals surface area contributed by atoms with Crippen LogP contribution in [0, 0.1) is 0 Å². The summed E-state index contributed by atoms with van der Waals surface area (Å²) in [7, 11) is 0. The topological polar surface area (TPSA) is 8.29 Å². The van der Waals surface area contributed by atoms with Crippen LogP contribution >= 0.6 is 0 Å². The first-order valence-electron chi connectivity index (χ1n) is 13.3. The van der Waals surface area contributed by atoms with Gasteiger partial charge in [0, 0.05) is 16.5 Å². The van der Waals surface area contributed by atoms with Gasteiger partial charge in [0.25, 0.3) is 5.65 Å². The van der Waals surface area contributed by atoms with Crippen molar-refractivity contribution in [2.75, 3.05) is 0 Å². The molecule has 0 aliphatic carbocycles. The van der Waals surface area contributed by atoms with E-state index in [0.717, 1.165) is 25.7 Å². The Morgan fingerprint density at radius 2 is 1.39 bits per heavy atom. The molecule has 176 valence electrons. The second kappa shape index (κ2) is 8.06. The lowest BCUT2D eigenvalue weighted by atomic mass is 9.86. The van der Waals surface area contributed by atoms with Crippen LogP contribution in [0.1, 0.15) is 38.7 Å². The summed E-state index contributed by atoms with van der Waals surface area (Å²) >= 11 is 0. The zero-order valence-electron chi connectivity index (χ0n) is 21.0. The van der Waals surface area contributed by atoms with Crippen molar-refractivity contribution in [3.05, 3.63) is 109 Å². The van der Waals surface area contributed by atoms with Gasteiger partial charge < -0.3 is 0 Å². The zero-order valence-corrected chi connectivity index (χ0v) is 21.0. The normalized spacial score (nSPS) is 14.6. The maximum Gasteiger partial charge on any atom is 0.296 e. The maximum absolute atomic E-state index is 2.72. The Hall–Kier alpha value is -3.91. The minimum atomic E-state index is 0.0858. The number of hydrogen-bond donors (Lipinski definition) is 0. The number of pyridine rings is 1. The number of aromatic nitrogens is 2. The minimum absolute atomic E-state index is 0.0858. The van der Waals surface area contributed by atoms with Gasteiger partial charge in [0.15, 0.2) is 11.0 Å².